The molecule has 0 radical (unpaired) electrons. The lowest BCUT2D eigenvalue weighted by Gasteiger charge is -2.24. The second kappa shape index (κ2) is 5.82. The Balaban J connectivity index is 1.95. The maximum Gasteiger partial charge on any atom is 0.247 e. The van der Waals surface area contributed by atoms with Crippen molar-refractivity contribution in [3.05, 3.63) is 17.0 Å². The maximum absolute atomic E-state index is 11.1. The Labute approximate surface area is 111 Å². The third-order valence-corrected chi connectivity index (χ3v) is 4.92. The Morgan fingerprint density at radius 2 is 2.11 bits per heavy atom. The lowest BCUT2D eigenvalue weighted by molar-refractivity contribution is 0.0443. The largest absolute Gasteiger partial charge is 0.379 e. The summed E-state index contributed by atoms with van der Waals surface area (Å²) in [7, 11) is -3.60. The molecule has 0 bridgehead atoms. The van der Waals surface area contributed by atoms with Gasteiger partial charge in [0.05, 0.1) is 24.6 Å². The van der Waals surface area contributed by atoms with Crippen molar-refractivity contribution in [3.63, 3.8) is 0 Å². The molecule has 1 aliphatic heterocycles. The molecule has 1 fully saturated rings. The van der Waals surface area contributed by atoms with Crippen LogP contribution in [0.2, 0.25) is 0 Å². The number of thiophene rings is 1. The van der Waals surface area contributed by atoms with Gasteiger partial charge in [-0.05, 0) is 12.1 Å². The van der Waals surface area contributed by atoms with Crippen molar-refractivity contribution in [2.45, 2.75) is 4.21 Å². The zero-order chi connectivity index (χ0) is 13.0. The minimum Gasteiger partial charge on any atom is -0.379 e. The minimum atomic E-state index is -3.60. The van der Waals surface area contributed by atoms with E-state index >= 15 is 0 Å². The first-order valence-corrected chi connectivity index (χ1v) is 7.83. The van der Waals surface area contributed by atoms with Crippen molar-refractivity contribution in [1.29, 1.82) is 0 Å². The summed E-state index contributed by atoms with van der Waals surface area (Å²) >= 11 is 1.10. The fraction of sp³-hybridized carbons (Fsp3) is 0.455. The Bertz CT molecular complexity index is 563. The standard InChI is InChI=1S/C11H14N2O3S2/c12-18(14,15)11-4-3-10(17-11)2-1-5-13-6-8-16-9-7-13/h3-4H,5-9H2,(H2,12,14,15). The summed E-state index contributed by atoms with van der Waals surface area (Å²) < 4.78 is 27.6. The Hall–Kier alpha value is -0.910. The molecule has 1 aromatic rings. The molecule has 7 heteroatoms. The van der Waals surface area contributed by atoms with Gasteiger partial charge in [-0.1, -0.05) is 11.8 Å². The fourth-order valence-electron chi connectivity index (χ4n) is 1.54. The molecule has 18 heavy (non-hydrogen) atoms. The van der Waals surface area contributed by atoms with E-state index in [-0.39, 0.29) is 4.21 Å². The van der Waals surface area contributed by atoms with E-state index in [9.17, 15) is 8.42 Å². The first kappa shape index (κ1) is 13.5. The maximum atomic E-state index is 11.1. The van der Waals surface area contributed by atoms with Crippen molar-refractivity contribution in [2.24, 2.45) is 5.14 Å². The van der Waals surface area contributed by atoms with Gasteiger partial charge in [-0.3, -0.25) is 4.90 Å². The van der Waals surface area contributed by atoms with Gasteiger partial charge in [-0.25, -0.2) is 13.6 Å². The zero-order valence-corrected chi connectivity index (χ0v) is 11.4. The summed E-state index contributed by atoms with van der Waals surface area (Å²) in [6.07, 6.45) is 0. The van der Waals surface area contributed by atoms with Gasteiger partial charge in [-0.2, -0.15) is 0 Å². The lowest BCUT2D eigenvalue weighted by Crippen LogP contribution is -2.36. The Morgan fingerprint density at radius 1 is 1.39 bits per heavy atom. The SMILES string of the molecule is NS(=O)(=O)c1ccc(C#CCN2CCOCC2)s1. The quantitative estimate of drug-likeness (QED) is 0.782. The number of morpholine rings is 1. The topological polar surface area (TPSA) is 72.6 Å². The third kappa shape index (κ3) is 3.80. The van der Waals surface area contributed by atoms with Gasteiger partial charge >= 0.3 is 0 Å². The molecule has 2 N–H and O–H groups in total. The van der Waals surface area contributed by atoms with E-state index in [0.29, 0.717) is 11.4 Å². The summed E-state index contributed by atoms with van der Waals surface area (Å²) in [5, 5.41) is 5.03. The van der Waals surface area contributed by atoms with E-state index in [1.165, 1.54) is 6.07 Å². The molecule has 0 atom stereocenters. The predicted molar refractivity (Wildman–Crippen MR) is 69.8 cm³/mol. The van der Waals surface area contributed by atoms with E-state index in [2.05, 4.69) is 16.7 Å². The van der Waals surface area contributed by atoms with Crippen molar-refractivity contribution in [1.82, 2.24) is 4.90 Å². The molecule has 2 heterocycles. The fourth-order valence-corrected chi connectivity index (χ4v) is 3.14. The van der Waals surface area contributed by atoms with Crippen LogP contribution in [-0.4, -0.2) is 46.2 Å². The molecule has 1 aliphatic rings. The van der Waals surface area contributed by atoms with Crippen molar-refractivity contribution in [3.8, 4) is 11.8 Å². The van der Waals surface area contributed by atoms with Crippen LogP contribution in [0.4, 0.5) is 0 Å². The first-order valence-electron chi connectivity index (χ1n) is 5.47. The second-order valence-corrected chi connectivity index (χ2v) is 6.73. The molecular weight excluding hydrogens is 272 g/mol. The Morgan fingerprint density at radius 3 is 2.72 bits per heavy atom. The molecule has 0 amide bonds. The highest BCUT2D eigenvalue weighted by Crippen LogP contribution is 2.19. The molecule has 98 valence electrons. The molecule has 1 saturated heterocycles. The highest BCUT2D eigenvalue weighted by molar-refractivity contribution is 7.91. The van der Waals surface area contributed by atoms with Gasteiger partial charge in [0.15, 0.2) is 0 Å². The Kier molecular flexibility index (Phi) is 4.37. The highest BCUT2D eigenvalue weighted by Gasteiger charge is 2.10. The summed E-state index contributed by atoms with van der Waals surface area (Å²) in [4.78, 5) is 2.91. The van der Waals surface area contributed by atoms with Gasteiger partial charge in [0, 0.05) is 13.1 Å². The van der Waals surface area contributed by atoms with E-state index < -0.39 is 10.0 Å². The molecule has 1 aromatic heterocycles. The third-order valence-electron chi connectivity index (χ3n) is 2.48. The van der Waals surface area contributed by atoms with Crippen LogP contribution in [0.5, 0.6) is 0 Å². The van der Waals surface area contributed by atoms with Gasteiger partial charge < -0.3 is 4.74 Å². The van der Waals surface area contributed by atoms with Crippen molar-refractivity contribution >= 4 is 21.4 Å². The van der Waals surface area contributed by atoms with Crippen LogP contribution in [0.1, 0.15) is 4.88 Å². The summed E-state index contributed by atoms with van der Waals surface area (Å²) in [6.45, 7) is 3.95. The molecule has 2 rings (SSSR count). The number of rotatable bonds is 2. The van der Waals surface area contributed by atoms with Crippen LogP contribution in [0.3, 0.4) is 0 Å². The number of hydrogen-bond donors (Lipinski definition) is 1. The predicted octanol–water partition coefficient (Wildman–Crippen LogP) is 0.0792. The van der Waals surface area contributed by atoms with Gasteiger partial charge in [0.25, 0.3) is 0 Å². The summed E-state index contributed by atoms with van der Waals surface area (Å²) in [5.74, 6) is 5.98. The number of nitrogens with two attached hydrogens (primary N) is 1. The van der Waals surface area contributed by atoms with E-state index in [1.807, 2.05) is 0 Å². The van der Waals surface area contributed by atoms with E-state index in [4.69, 9.17) is 9.88 Å². The van der Waals surface area contributed by atoms with Crippen LogP contribution in [0.25, 0.3) is 0 Å². The van der Waals surface area contributed by atoms with Crippen LogP contribution >= 0.6 is 11.3 Å². The van der Waals surface area contributed by atoms with E-state index in [1.54, 1.807) is 6.07 Å². The number of nitrogens with zero attached hydrogens (tertiary/aromatic N) is 1. The normalized spacial score (nSPS) is 17.2. The van der Waals surface area contributed by atoms with Crippen LogP contribution in [-0.2, 0) is 14.8 Å². The molecular formula is C11H14N2O3S2. The number of sulfonamides is 1. The molecule has 0 aliphatic carbocycles. The molecule has 0 unspecified atom stereocenters. The van der Waals surface area contributed by atoms with E-state index in [0.717, 1.165) is 37.6 Å². The molecule has 0 aromatic carbocycles. The number of ether oxygens (including phenoxy) is 1. The summed E-state index contributed by atoms with van der Waals surface area (Å²) in [6, 6.07) is 3.16. The molecule has 0 spiro atoms. The zero-order valence-electron chi connectivity index (χ0n) is 9.76. The molecule has 0 saturated carbocycles. The monoisotopic (exact) mass is 286 g/mol. The molecule has 5 nitrogen and oxygen atoms in total. The average Bonchev–Trinajstić information content (AvgIpc) is 2.79. The summed E-state index contributed by atoms with van der Waals surface area (Å²) in [5.41, 5.74) is 0. The van der Waals surface area contributed by atoms with Crippen molar-refractivity contribution in [2.75, 3.05) is 32.8 Å². The smallest absolute Gasteiger partial charge is 0.247 e. The van der Waals surface area contributed by atoms with Gasteiger partial charge in [0.1, 0.15) is 4.21 Å². The minimum absolute atomic E-state index is 0.151. The van der Waals surface area contributed by atoms with Crippen molar-refractivity contribution < 1.29 is 13.2 Å². The average molecular weight is 286 g/mol. The second-order valence-electron chi connectivity index (χ2n) is 3.85. The van der Waals surface area contributed by atoms with Crippen LogP contribution in [0.15, 0.2) is 16.3 Å². The van der Waals surface area contributed by atoms with Gasteiger partial charge in [0.2, 0.25) is 10.0 Å². The van der Waals surface area contributed by atoms with Crippen LogP contribution in [0, 0.1) is 11.8 Å². The van der Waals surface area contributed by atoms with Gasteiger partial charge in [-0.15, -0.1) is 11.3 Å². The number of primary sulfonamides is 1. The highest BCUT2D eigenvalue weighted by atomic mass is 32.2. The lowest BCUT2D eigenvalue weighted by atomic mass is 10.4. The van der Waals surface area contributed by atoms with Crippen LogP contribution < -0.4 is 5.14 Å². The number of hydrogen-bond acceptors (Lipinski definition) is 5. The first-order chi connectivity index (χ1) is 8.55.